The van der Waals surface area contributed by atoms with Gasteiger partial charge in [-0.25, -0.2) is 18.8 Å². The van der Waals surface area contributed by atoms with Crippen LogP contribution in [-0.2, 0) is 13.0 Å². The summed E-state index contributed by atoms with van der Waals surface area (Å²) < 4.78 is 19.6. The molecule has 224 valence electrons. The SMILES string of the molecule is COc1ccc(F)cc1-c1cccc(CN(C(=O)c2cc(C(=O)O)c(C(=O)O)cc2C(=O)O)[C@H]2CCCc3ccccc32)c1. The Hall–Kier alpha value is -5.51. The van der Waals surface area contributed by atoms with Crippen LogP contribution in [0.4, 0.5) is 4.39 Å². The van der Waals surface area contributed by atoms with E-state index in [-0.39, 0.29) is 6.54 Å². The summed E-state index contributed by atoms with van der Waals surface area (Å²) in [6, 6.07) is 19.9. The second-order valence-electron chi connectivity index (χ2n) is 10.4. The van der Waals surface area contributed by atoms with Crippen molar-refractivity contribution >= 4 is 23.8 Å². The Morgan fingerprint density at radius 1 is 0.818 bits per heavy atom. The molecule has 0 spiro atoms. The molecule has 4 aromatic carbocycles. The molecule has 10 heteroatoms. The lowest BCUT2D eigenvalue weighted by Gasteiger charge is -2.36. The fraction of sp³-hybridized carbons (Fsp3) is 0.176. The molecule has 0 fully saturated rings. The molecule has 5 rings (SSSR count). The maximum absolute atomic E-state index is 14.4. The molecule has 44 heavy (non-hydrogen) atoms. The number of amides is 1. The number of carboxylic acids is 3. The first-order chi connectivity index (χ1) is 21.1. The lowest BCUT2D eigenvalue weighted by molar-refractivity contribution is 0.0611. The molecule has 4 aromatic rings. The van der Waals surface area contributed by atoms with E-state index >= 15 is 0 Å². The zero-order valence-corrected chi connectivity index (χ0v) is 23.6. The summed E-state index contributed by atoms with van der Waals surface area (Å²) in [7, 11) is 1.47. The number of halogens is 1. The van der Waals surface area contributed by atoms with E-state index in [2.05, 4.69) is 0 Å². The van der Waals surface area contributed by atoms with Crippen LogP contribution in [0.3, 0.4) is 0 Å². The Morgan fingerprint density at radius 2 is 1.48 bits per heavy atom. The maximum Gasteiger partial charge on any atom is 0.336 e. The molecule has 1 aliphatic rings. The average molecular weight is 598 g/mol. The van der Waals surface area contributed by atoms with Crippen molar-refractivity contribution in [2.24, 2.45) is 0 Å². The minimum Gasteiger partial charge on any atom is -0.496 e. The number of hydrogen-bond donors (Lipinski definition) is 3. The van der Waals surface area contributed by atoms with E-state index in [4.69, 9.17) is 4.74 Å². The van der Waals surface area contributed by atoms with Gasteiger partial charge in [-0.1, -0.05) is 42.5 Å². The molecule has 1 amide bonds. The highest BCUT2D eigenvalue weighted by molar-refractivity contribution is 6.10. The van der Waals surface area contributed by atoms with Gasteiger partial charge in [0.25, 0.3) is 5.91 Å². The second kappa shape index (κ2) is 12.4. The summed E-state index contributed by atoms with van der Waals surface area (Å²) in [6.45, 7) is -0.00848. The standard InChI is InChI=1S/C34H28FNO8/c1-44-30-13-12-22(35)15-24(30)21-9-4-6-19(14-21)18-36(29-11-5-8-20-7-2-3-10-23(20)29)31(37)25-16-27(33(40)41)28(34(42)43)17-26(25)32(38)39/h2-4,6-7,9-10,12-17,29H,5,8,11,18H2,1H3,(H,38,39)(H,40,41)(H,42,43)/t29-/m0/s1. The van der Waals surface area contributed by atoms with E-state index in [1.165, 1.54) is 30.2 Å². The van der Waals surface area contributed by atoms with Crippen LogP contribution in [0, 0.1) is 5.82 Å². The van der Waals surface area contributed by atoms with E-state index in [1.54, 1.807) is 24.3 Å². The van der Waals surface area contributed by atoms with Gasteiger partial charge in [0.2, 0.25) is 0 Å². The van der Waals surface area contributed by atoms with Crippen LogP contribution >= 0.6 is 0 Å². The third-order valence-corrected chi connectivity index (χ3v) is 7.81. The number of hydrogen-bond acceptors (Lipinski definition) is 5. The third kappa shape index (κ3) is 5.87. The minimum absolute atomic E-state index is 0.00848. The Bertz CT molecular complexity index is 1800. The van der Waals surface area contributed by atoms with E-state index in [0.29, 0.717) is 34.9 Å². The quantitative estimate of drug-likeness (QED) is 0.204. The van der Waals surface area contributed by atoms with Crippen LogP contribution in [0.2, 0.25) is 0 Å². The molecular weight excluding hydrogens is 569 g/mol. The van der Waals surface area contributed by atoms with Crippen LogP contribution in [0.25, 0.3) is 11.1 Å². The number of methoxy groups -OCH3 is 1. The highest BCUT2D eigenvalue weighted by atomic mass is 19.1. The number of ether oxygens (including phenoxy) is 1. The van der Waals surface area contributed by atoms with E-state index in [0.717, 1.165) is 30.0 Å². The number of carbonyl (C=O) groups is 4. The van der Waals surface area contributed by atoms with E-state index in [9.17, 15) is 38.9 Å². The van der Waals surface area contributed by atoms with Crippen molar-refractivity contribution in [3.05, 3.63) is 124 Å². The maximum atomic E-state index is 14.4. The summed E-state index contributed by atoms with van der Waals surface area (Å²) in [4.78, 5) is 51.9. The lowest BCUT2D eigenvalue weighted by Crippen LogP contribution is -2.37. The van der Waals surface area contributed by atoms with Gasteiger partial charge in [-0.15, -0.1) is 0 Å². The molecule has 0 radical (unpaired) electrons. The number of rotatable bonds is 9. The van der Waals surface area contributed by atoms with Crippen LogP contribution < -0.4 is 4.74 Å². The molecule has 1 aliphatic carbocycles. The van der Waals surface area contributed by atoms with Crippen molar-refractivity contribution in [3.8, 4) is 16.9 Å². The van der Waals surface area contributed by atoms with Gasteiger partial charge in [-0.05, 0) is 77.9 Å². The van der Waals surface area contributed by atoms with Crippen molar-refractivity contribution in [2.45, 2.75) is 31.8 Å². The highest BCUT2D eigenvalue weighted by Gasteiger charge is 2.34. The molecule has 0 heterocycles. The Morgan fingerprint density at radius 3 is 2.16 bits per heavy atom. The number of carboxylic acid groups (broad SMARTS) is 3. The first kappa shape index (κ1) is 30.0. The lowest BCUT2D eigenvalue weighted by atomic mass is 9.86. The summed E-state index contributed by atoms with van der Waals surface area (Å²) >= 11 is 0. The monoisotopic (exact) mass is 597 g/mol. The van der Waals surface area contributed by atoms with Gasteiger partial charge in [0.1, 0.15) is 11.6 Å². The van der Waals surface area contributed by atoms with Crippen molar-refractivity contribution in [2.75, 3.05) is 7.11 Å². The molecule has 0 saturated carbocycles. The third-order valence-electron chi connectivity index (χ3n) is 7.81. The molecule has 0 saturated heterocycles. The number of carbonyl (C=O) groups excluding carboxylic acids is 1. The first-order valence-electron chi connectivity index (χ1n) is 13.8. The summed E-state index contributed by atoms with van der Waals surface area (Å²) in [5, 5.41) is 29.3. The van der Waals surface area contributed by atoms with Crippen LogP contribution in [-0.4, -0.2) is 51.1 Å². The summed E-state index contributed by atoms with van der Waals surface area (Å²) in [6.07, 6.45) is 2.10. The Balaban J connectivity index is 1.66. The van der Waals surface area contributed by atoms with Crippen LogP contribution in [0.15, 0.2) is 78.9 Å². The second-order valence-corrected chi connectivity index (χ2v) is 10.4. The van der Waals surface area contributed by atoms with E-state index in [1.807, 2.05) is 24.3 Å². The number of aromatic carboxylic acids is 3. The molecule has 0 aromatic heterocycles. The summed E-state index contributed by atoms with van der Waals surface area (Å²) in [5.41, 5.74) is 1.18. The minimum atomic E-state index is -1.63. The molecule has 0 aliphatic heterocycles. The molecule has 3 N–H and O–H groups in total. The normalized spacial score (nSPS) is 13.9. The topological polar surface area (TPSA) is 141 Å². The zero-order valence-electron chi connectivity index (χ0n) is 23.6. The number of benzene rings is 4. The van der Waals surface area contributed by atoms with Gasteiger partial charge >= 0.3 is 17.9 Å². The first-order valence-corrected chi connectivity index (χ1v) is 13.8. The van der Waals surface area contributed by atoms with Crippen LogP contribution in [0.1, 0.15) is 77.0 Å². The number of aryl methyl sites for hydroxylation is 1. The van der Waals surface area contributed by atoms with Gasteiger partial charge in [-0.3, -0.25) is 4.79 Å². The molecule has 1 atom stereocenters. The van der Waals surface area contributed by atoms with Gasteiger partial charge < -0.3 is 25.0 Å². The van der Waals surface area contributed by atoms with Crippen molar-refractivity contribution in [1.82, 2.24) is 4.90 Å². The van der Waals surface area contributed by atoms with Gasteiger partial charge in [-0.2, -0.15) is 0 Å². The number of nitrogens with zero attached hydrogens (tertiary/aromatic N) is 1. The van der Waals surface area contributed by atoms with Gasteiger partial charge in [0, 0.05) is 12.1 Å². The van der Waals surface area contributed by atoms with Crippen molar-refractivity contribution in [3.63, 3.8) is 0 Å². The van der Waals surface area contributed by atoms with Crippen molar-refractivity contribution < 1.29 is 43.6 Å². The predicted octanol–water partition coefficient (Wildman–Crippen LogP) is 6.32. The fourth-order valence-corrected chi connectivity index (χ4v) is 5.78. The average Bonchev–Trinajstić information content (AvgIpc) is 3.02. The van der Waals surface area contributed by atoms with Crippen molar-refractivity contribution in [1.29, 1.82) is 0 Å². The molecule has 9 nitrogen and oxygen atoms in total. The number of fused-ring (bicyclic) bond motifs is 1. The van der Waals surface area contributed by atoms with Gasteiger partial charge in [0.05, 0.1) is 35.4 Å². The van der Waals surface area contributed by atoms with Crippen LogP contribution in [0.5, 0.6) is 5.75 Å². The Kier molecular flexibility index (Phi) is 8.43. The molecular formula is C34H28FNO8. The predicted molar refractivity (Wildman–Crippen MR) is 158 cm³/mol. The zero-order chi connectivity index (χ0) is 31.5. The fourth-order valence-electron chi connectivity index (χ4n) is 5.78. The van der Waals surface area contributed by atoms with Gasteiger partial charge in [0.15, 0.2) is 0 Å². The highest BCUT2D eigenvalue weighted by Crippen LogP contribution is 2.38. The largest absolute Gasteiger partial charge is 0.496 e. The Labute approximate surface area is 251 Å². The molecule has 0 unspecified atom stereocenters. The summed E-state index contributed by atoms with van der Waals surface area (Å²) in [5.74, 6) is -5.59. The molecule has 0 bridgehead atoms. The smallest absolute Gasteiger partial charge is 0.336 e. The van der Waals surface area contributed by atoms with E-state index < -0.39 is 57.9 Å².